The summed E-state index contributed by atoms with van der Waals surface area (Å²) < 4.78 is 0. The molecule has 3 aromatic rings. The van der Waals surface area contributed by atoms with Crippen LogP contribution in [0, 0.1) is 6.92 Å². The molecule has 2 amide bonds. The Kier molecular flexibility index (Phi) is 4.45. The number of carbonyl (C=O) groups is 2. The monoisotopic (exact) mass is 372 g/mol. The highest BCUT2D eigenvalue weighted by Gasteiger charge is 2.51. The van der Waals surface area contributed by atoms with Crippen LogP contribution in [0.1, 0.15) is 16.7 Å². The molecule has 1 heterocycles. The smallest absolute Gasteiger partial charge is 0.268 e. The fourth-order valence-corrected chi connectivity index (χ4v) is 3.53. The molecule has 5 heteroatoms. The Bertz CT molecular complexity index is 1030. The number of amides is 2. The second kappa shape index (κ2) is 6.94. The predicted octanol–water partition coefficient (Wildman–Crippen LogP) is 3.22. The Balaban J connectivity index is 1.64. The molecule has 0 radical (unpaired) electrons. The predicted molar refractivity (Wildman–Crippen MR) is 108 cm³/mol. The lowest BCUT2D eigenvalue weighted by atomic mass is 9.88. The largest absolute Gasteiger partial charge is 0.372 e. The number of hydrogen-bond donors (Lipinski definition) is 2. The summed E-state index contributed by atoms with van der Waals surface area (Å²) in [6.07, 6.45) is 0. The van der Waals surface area contributed by atoms with Gasteiger partial charge in [-0.25, -0.2) is 0 Å². The molecule has 0 aliphatic carbocycles. The Morgan fingerprint density at radius 2 is 1.61 bits per heavy atom. The van der Waals surface area contributed by atoms with Crippen molar-refractivity contribution in [2.45, 2.75) is 12.5 Å². The van der Waals surface area contributed by atoms with Crippen LogP contribution < -0.4 is 10.2 Å². The van der Waals surface area contributed by atoms with Gasteiger partial charge in [0, 0.05) is 11.3 Å². The third kappa shape index (κ3) is 2.96. The van der Waals surface area contributed by atoms with Crippen LogP contribution in [-0.4, -0.2) is 23.5 Å². The van der Waals surface area contributed by atoms with Gasteiger partial charge in [-0.05, 0) is 30.7 Å². The van der Waals surface area contributed by atoms with E-state index in [-0.39, 0.29) is 12.5 Å². The number of anilines is 2. The molecule has 1 aliphatic rings. The van der Waals surface area contributed by atoms with E-state index in [2.05, 4.69) is 5.32 Å². The van der Waals surface area contributed by atoms with Crippen molar-refractivity contribution in [1.82, 2.24) is 0 Å². The lowest BCUT2D eigenvalue weighted by molar-refractivity contribution is -0.133. The van der Waals surface area contributed by atoms with E-state index < -0.39 is 11.5 Å². The first-order chi connectivity index (χ1) is 13.5. The lowest BCUT2D eigenvalue weighted by Crippen LogP contribution is -2.44. The molecule has 0 fully saturated rings. The Hall–Kier alpha value is -3.44. The highest BCUT2D eigenvalue weighted by molar-refractivity contribution is 6.12. The average molecular weight is 372 g/mol. The number of nitrogens with zero attached hydrogens (tertiary/aromatic N) is 1. The van der Waals surface area contributed by atoms with Gasteiger partial charge in [-0.15, -0.1) is 0 Å². The Morgan fingerprint density at radius 1 is 0.964 bits per heavy atom. The molecule has 3 aromatic carbocycles. The summed E-state index contributed by atoms with van der Waals surface area (Å²) in [4.78, 5) is 27.1. The first kappa shape index (κ1) is 17.9. The second-order valence-electron chi connectivity index (χ2n) is 6.90. The zero-order valence-electron chi connectivity index (χ0n) is 15.4. The van der Waals surface area contributed by atoms with Gasteiger partial charge in [-0.1, -0.05) is 66.2 Å². The first-order valence-electron chi connectivity index (χ1n) is 9.06. The summed E-state index contributed by atoms with van der Waals surface area (Å²) in [6.45, 7) is 1.79. The van der Waals surface area contributed by atoms with Crippen LogP contribution in [0.2, 0.25) is 0 Å². The molecule has 0 spiro atoms. The number of aryl methyl sites for hydroxylation is 1. The van der Waals surface area contributed by atoms with Crippen molar-refractivity contribution in [2.24, 2.45) is 0 Å². The highest BCUT2D eigenvalue weighted by atomic mass is 16.3. The third-order valence-electron chi connectivity index (χ3n) is 4.97. The van der Waals surface area contributed by atoms with E-state index in [0.29, 0.717) is 22.5 Å². The standard InChI is InChI=1S/C23H20N2O3/c1-16-11-13-18(14-12-16)24-21(26)15-25-20-10-6-5-9-19(20)23(28,22(25)27)17-7-3-2-4-8-17/h2-14,28H,15H2,1H3,(H,24,26). The van der Waals surface area contributed by atoms with Crippen LogP contribution in [0.4, 0.5) is 11.4 Å². The molecule has 0 aromatic heterocycles. The minimum atomic E-state index is -1.80. The van der Waals surface area contributed by atoms with Crippen molar-refractivity contribution in [2.75, 3.05) is 16.8 Å². The number of aliphatic hydroxyl groups is 1. The summed E-state index contributed by atoms with van der Waals surface area (Å²) in [5.74, 6) is -0.858. The molecule has 28 heavy (non-hydrogen) atoms. The van der Waals surface area contributed by atoms with Gasteiger partial charge in [-0.3, -0.25) is 14.5 Å². The van der Waals surface area contributed by atoms with E-state index in [1.165, 1.54) is 4.90 Å². The van der Waals surface area contributed by atoms with Gasteiger partial charge in [0.05, 0.1) is 5.69 Å². The summed E-state index contributed by atoms with van der Waals surface area (Å²) in [5, 5.41) is 14.2. The number of benzene rings is 3. The van der Waals surface area contributed by atoms with E-state index in [9.17, 15) is 14.7 Å². The van der Waals surface area contributed by atoms with E-state index >= 15 is 0 Å². The van der Waals surface area contributed by atoms with Gasteiger partial charge in [-0.2, -0.15) is 0 Å². The quantitative estimate of drug-likeness (QED) is 0.739. The zero-order valence-corrected chi connectivity index (χ0v) is 15.4. The summed E-state index contributed by atoms with van der Waals surface area (Å²) in [5.41, 5.74) is 1.45. The average Bonchev–Trinajstić information content (AvgIpc) is 2.93. The SMILES string of the molecule is Cc1ccc(NC(=O)CN2C(=O)C(O)(c3ccccc3)c3ccccc32)cc1. The molecule has 0 bridgehead atoms. The maximum atomic E-state index is 13.2. The summed E-state index contributed by atoms with van der Waals surface area (Å²) >= 11 is 0. The van der Waals surface area contributed by atoms with Crippen LogP contribution in [0.25, 0.3) is 0 Å². The minimum Gasteiger partial charge on any atom is -0.372 e. The van der Waals surface area contributed by atoms with Gasteiger partial charge < -0.3 is 10.4 Å². The van der Waals surface area contributed by atoms with Gasteiger partial charge >= 0.3 is 0 Å². The van der Waals surface area contributed by atoms with Crippen LogP contribution in [-0.2, 0) is 15.2 Å². The van der Waals surface area contributed by atoms with E-state index in [4.69, 9.17) is 0 Å². The molecular formula is C23H20N2O3. The Morgan fingerprint density at radius 3 is 2.32 bits per heavy atom. The summed E-state index contributed by atoms with van der Waals surface area (Å²) in [6, 6.07) is 23.3. The minimum absolute atomic E-state index is 0.182. The van der Waals surface area contributed by atoms with Crippen LogP contribution >= 0.6 is 0 Å². The van der Waals surface area contributed by atoms with Crippen molar-refractivity contribution in [1.29, 1.82) is 0 Å². The number of carbonyl (C=O) groups excluding carboxylic acids is 2. The van der Waals surface area contributed by atoms with Crippen molar-refractivity contribution in [3.8, 4) is 0 Å². The lowest BCUT2D eigenvalue weighted by Gasteiger charge is -2.23. The summed E-state index contributed by atoms with van der Waals surface area (Å²) in [7, 11) is 0. The van der Waals surface area contributed by atoms with E-state index in [1.807, 2.05) is 37.3 Å². The number of hydrogen-bond acceptors (Lipinski definition) is 3. The molecular weight excluding hydrogens is 352 g/mol. The Labute approximate surface area is 163 Å². The first-order valence-corrected chi connectivity index (χ1v) is 9.06. The van der Waals surface area contributed by atoms with Gasteiger partial charge in [0.1, 0.15) is 6.54 Å². The molecule has 2 N–H and O–H groups in total. The van der Waals surface area contributed by atoms with E-state index in [1.54, 1.807) is 48.5 Å². The molecule has 1 aliphatic heterocycles. The second-order valence-corrected chi connectivity index (χ2v) is 6.90. The zero-order chi connectivity index (χ0) is 19.7. The molecule has 0 saturated carbocycles. The van der Waals surface area contributed by atoms with Crippen molar-refractivity contribution >= 4 is 23.2 Å². The highest BCUT2D eigenvalue weighted by Crippen LogP contribution is 2.44. The van der Waals surface area contributed by atoms with Crippen LogP contribution in [0.15, 0.2) is 78.9 Å². The fraction of sp³-hybridized carbons (Fsp3) is 0.130. The third-order valence-corrected chi connectivity index (χ3v) is 4.97. The molecule has 140 valence electrons. The topological polar surface area (TPSA) is 69.6 Å². The van der Waals surface area contributed by atoms with Crippen molar-refractivity contribution < 1.29 is 14.7 Å². The molecule has 1 atom stereocenters. The van der Waals surface area contributed by atoms with Crippen LogP contribution in [0.5, 0.6) is 0 Å². The normalized spacial score (nSPS) is 18.1. The molecule has 1 unspecified atom stereocenters. The van der Waals surface area contributed by atoms with Crippen molar-refractivity contribution in [3.05, 3.63) is 95.6 Å². The maximum absolute atomic E-state index is 13.2. The number of rotatable bonds is 4. The number of para-hydroxylation sites is 1. The molecule has 0 saturated heterocycles. The maximum Gasteiger partial charge on any atom is 0.268 e. The van der Waals surface area contributed by atoms with Crippen molar-refractivity contribution in [3.63, 3.8) is 0 Å². The molecule has 4 rings (SSSR count). The van der Waals surface area contributed by atoms with Gasteiger partial charge in [0.15, 0.2) is 5.60 Å². The van der Waals surface area contributed by atoms with Crippen LogP contribution in [0.3, 0.4) is 0 Å². The van der Waals surface area contributed by atoms with Gasteiger partial charge in [0.25, 0.3) is 5.91 Å². The fourth-order valence-electron chi connectivity index (χ4n) is 3.53. The van der Waals surface area contributed by atoms with E-state index in [0.717, 1.165) is 5.56 Å². The number of fused-ring (bicyclic) bond motifs is 1. The molecule has 5 nitrogen and oxygen atoms in total. The number of nitrogens with one attached hydrogen (secondary N) is 1. The van der Waals surface area contributed by atoms with Gasteiger partial charge in [0.2, 0.25) is 5.91 Å².